The van der Waals surface area contributed by atoms with Crippen LogP contribution in [0.3, 0.4) is 0 Å². The lowest BCUT2D eigenvalue weighted by molar-refractivity contribution is -0.691. The second-order valence-electron chi connectivity index (χ2n) is 7.70. The van der Waals surface area contributed by atoms with E-state index in [9.17, 15) is 0 Å². The Morgan fingerprint density at radius 2 is 0.966 bits per heavy atom. The molecule has 0 fully saturated rings. The zero-order valence-electron chi connectivity index (χ0n) is 16.8. The van der Waals surface area contributed by atoms with Crippen LogP contribution in [0.4, 0.5) is 0 Å². The van der Waals surface area contributed by atoms with Crippen LogP contribution in [0.2, 0.25) is 0 Å². The fourth-order valence-corrected chi connectivity index (χ4v) is 4.30. The van der Waals surface area contributed by atoms with Gasteiger partial charge >= 0.3 is 6.67 Å². The smallest absolute Gasteiger partial charge is 0.134 e. The molecule has 0 N–H and O–H groups in total. The van der Waals surface area contributed by atoms with E-state index < -0.39 is 0 Å². The third-order valence-corrected chi connectivity index (χ3v) is 6.00. The average Bonchev–Trinajstić information content (AvgIpc) is 3.28. The van der Waals surface area contributed by atoms with E-state index >= 15 is 0 Å². The summed E-state index contributed by atoms with van der Waals surface area (Å²) in [7, 11) is 0. The predicted octanol–water partition coefficient (Wildman–Crippen LogP) is 5.99. The van der Waals surface area contributed by atoms with Gasteiger partial charge in [0.1, 0.15) is 0 Å². The van der Waals surface area contributed by atoms with Crippen molar-refractivity contribution in [1.29, 1.82) is 0 Å². The topological polar surface area (TPSA) is 6.02 Å². The van der Waals surface area contributed by atoms with Gasteiger partial charge < -0.3 is 0 Å². The van der Waals surface area contributed by atoms with Crippen LogP contribution in [0.15, 0.2) is 84.9 Å². The van der Waals surface area contributed by atoms with Crippen LogP contribution in [0, 0.1) is 6.67 Å². The van der Waals surface area contributed by atoms with Gasteiger partial charge in [-0.15, -0.1) is 9.15 Å². The van der Waals surface area contributed by atoms with E-state index in [1.54, 1.807) is 0 Å². The van der Waals surface area contributed by atoms with Crippen LogP contribution in [0.1, 0.15) is 37.1 Å². The highest BCUT2D eigenvalue weighted by Crippen LogP contribution is 2.30. The summed E-state index contributed by atoms with van der Waals surface area (Å²) in [5.74, 6) is 0. The van der Waals surface area contributed by atoms with Crippen LogP contribution in [-0.2, 0) is 0 Å². The Morgan fingerprint density at radius 3 is 1.45 bits per heavy atom. The third kappa shape index (κ3) is 3.15. The first-order valence-corrected chi connectivity index (χ1v) is 10.2. The van der Waals surface area contributed by atoms with E-state index in [1.807, 2.05) is 0 Å². The lowest BCUT2D eigenvalue weighted by Gasteiger charge is -2.11. The molecule has 140 valence electrons. The Kier molecular flexibility index (Phi) is 4.48. The molecule has 2 atom stereocenters. The van der Waals surface area contributed by atoms with Crippen LogP contribution >= 0.6 is 0 Å². The number of hydrogen-bond acceptors (Lipinski definition) is 0. The molecule has 0 saturated heterocycles. The largest absolute Gasteiger partial charge is 0.645 e. The van der Waals surface area contributed by atoms with Crippen molar-refractivity contribution in [3.8, 4) is 0 Å². The molecule has 1 aliphatic rings. The Morgan fingerprint density at radius 1 is 0.552 bits per heavy atom. The molecule has 2 heteroatoms. The Hall–Kier alpha value is -3.26. The summed E-state index contributed by atoms with van der Waals surface area (Å²) in [6.45, 7) is 8.05. The third-order valence-electron chi connectivity index (χ3n) is 6.00. The number of nitrogens with zero attached hydrogens (tertiary/aromatic N) is 2. The normalized spacial score (nSPS) is 15.9. The molecular formula is C27H24N2+2. The molecule has 2 radical (unpaired) electrons. The maximum Gasteiger partial charge on any atom is 0.645 e. The maximum atomic E-state index is 3.57. The molecule has 0 aliphatic carbocycles. The fraction of sp³-hybridized carbons (Fsp3) is 0.148. The molecule has 4 aromatic rings. The van der Waals surface area contributed by atoms with Gasteiger partial charge in [-0.1, -0.05) is 84.9 Å². The van der Waals surface area contributed by atoms with Gasteiger partial charge in [0, 0.05) is 25.0 Å². The van der Waals surface area contributed by atoms with Crippen molar-refractivity contribution in [1.82, 2.24) is 0 Å². The van der Waals surface area contributed by atoms with Gasteiger partial charge in [-0.25, -0.2) is 0 Å². The minimum absolute atomic E-state index is 0.210. The Balaban J connectivity index is 1.41. The first kappa shape index (κ1) is 17.8. The molecule has 0 unspecified atom stereocenters. The average molecular weight is 377 g/mol. The molecule has 29 heavy (non-hydrogen) atoms. The van der Waals surface area contributed by atoms with Crippen molar-refractivity contribution in [3.05, 3.63) is 103 Å². The minimum Gasteiger partial charge on any atom is -0.134 e. The summed E-state index contributed by atoms with van der Waals surface area (Å²) >= 11 is 0. The van der Waals surface area contributed by atoms with Crippen molar-refractivity contribution >= 4 is 34.0 Å². The highest BCUT2D eigenvalue weighted by Gasteiger charge is 2.37. The standard InChI is InChI=1S/C27H24N2/c1-20(24-15-7-11-22-9-3-5-13-26(22)24)28-17-18-29(19-28)21(2)25-16-8-12-23-10-4-6-14-27(23)25/h3-18,20-21H,1-2H3/q+2/t20-,21-/m1/s1. The van der Waals surface area contributed by atoms with Crippen molar-refractivity contribution < 1.29 is 9.15 Å². The quantitative estimate of drug-likeness (QED) is 0.386. The zero-order chi connectivity index (χ0) is 19.8. The van der Waals surface area contributed by atoms with Crippen LogP contribution < -0.4 is 0 Å². The summed E-state index contributed by atoms with van der Waals surface area (Å²) < 4.78 is 4.37. The molecule has 1 heterocycles. The molecular weight excluding hydrogens is 352 g/mol. The molecule has 0 saturated carbocycles. The molecule has 0 amide bonds. The van der Waals surface area contributed by atoms with Gasteiger partial charge in [0.15, 0.2) is 12.1 Å². The van der Waals surface area contributed by atoms with Gasteiger partial charge in [0.25, 0.3) is 0 Å². The lowest BCUT2D eigenvalue weighted by Crippen LogP contribution is -2.19. The molecule has 5 rings (SSSR count). The van der Waals surface area contributed by atoms with Gasteiger partial charge in [-0.2, -0.15) is 0 Å². The van der Waals surface area contributed by atoms with E-state index in [1.165, 1.54) is 32.7 Å². The highest BCUT2D eigenvalue weighted by molar-refractivity contribution is 6.11. The lowest BCUT2D eigenvalue weighted by atomic mass is 9.99. The second kappa shape index (κ2) is 7.29. The molecule has 1 aliphatic heterocycles. The van der Waals surface area contributed by atoms with E-state index in [4.69, 9.17) is 0 Å². The number of rotatable bonds is 4. The monoisotopic (exact) mass is 376 g/mol. The van der Waals surface area contributed by atoms with Crippen LogP contribution in [-0.4, -0.2) is 21.6 Å². The molecule has 0 bridgehead atoms. The first-order chi connectivity index (χ1) is 14.2. The van der Waals surface area contributed by atoms with Crippen molar-refractivity contribution in [2.24, 2.45) is 0 Å². The summed E-state index contributed by atoms with van der Waals surface area (Å²) in [5, 5.41) is 5.17. The second-order valence-corrected chi connectivity index (χ2v) is 7.70. The van der Waals surface area contributed by atoms with Crippen molar-refractivity contribution in [2.75, 3.05) is 0 Å². The first-order valence-electron chi connectivity index (χ1n) is 10.2. The fourth-order valence-electron chi connectivity index (χ4n) is 4.30. The highest BCUT2D eigenvalue weighted by atomic mass is 15.2. The summed E-state index contributed by atoms with van der Waals surface area (Å²) in [6, 6.07) is 30.7. The minimum atomic E-state index is 0.210. The van der Waals surface area contributed by atoms with Crippen molar-refractivity contribution in [2.45, 2.75) is 25.9 Å². The van der Waals surface area contributed by atoms with Crippen LogP contribution in [0.25, 0.3) is 21.5 Å². The molecule has 0 spiro atoms. The zero-order valence-corrected chi connectivity index (χ0v) is 16.8. The SMILES string of the molecule is C[C@H](c1cccc2ccccc12)[N+]1=CC=[N+]([C@H](C)c2cccc3ccccc23)[C]1. The van der Waals surface area contributed by atoms with Gasteiger partial charge in [0.2, 0.25) is 12.4 Å². The Bertz CT molecular complexity index is 1160. The Labute approximate surface area is 172 Å². The number of hydrogen-bond donors (Lipinski definition) is 0. The van der Waals surface area contributed by atoms with Crippen LogP contribution in [0.5, 0.6) is 0 Å². The summed E-state index contributed by atoms with van der Waals surface area (Å²) in [4.78, 5) is 0. The van der Waals surface area contributed by atoms with Gasteiger partial charge in [-0.05, 0) is 21.5 Å². The van der Waals surface area contributed by atoms with E-state index in [0.29, 0.717) is 0 Å². The molecule has 2 nitrogen and oxygen atoms in total. The number of fused-ring (bicyclic) bond motifs is 2. The van der Waals surface area contributed by atoms with Crippen molar-refractivity contribution in [3.63, 3.8) is 0 Å². The molecule has 0 aromatic heterocycles. The van der Waals surface area contributed by atoms with Gasteiger partial charge in [0.05, 0.1) is 0 Å². The maximum absolute atomic E-state index is 3.57. The van der Waals surface area contributed by atoms with Gasteiger partial charge in [-0.3, -0.25) is 0 Å². The number of benzene rings is 4. The van der Waals surface area contributed by atoms with E-state index in [0.717, 1.165) is 0 Å². The summed E-state index contributed by atoms with van der Waals surface area (Å²) in [6.07, 6.45) is 4.27. The molecule has 4 aromatic carbocycles. The van der Waals surface area contributed by atoms with E-state index in [-0.39, 0.29) is 12.1 Å². The summed E-state index contributed by atoms with van der Waals surface area (Å²) in [5.41, 5.74) is 2.64. The van der Waals surface area contributed by atoms with E-state index in [2.05, 4.69) is 127 Å². The predicted molar refractivity (Wildman–Crippen MR) is 121 cm³/mol.